The van der Waals surface area contributed by atoms with Crippen molar-refractivity contribution in [3.8, 4) is 0 Å². The van der Waals surface area contributed by atoms with Gasteiger partial charge in [0.1, 0.15) is 16.7 Å². The van der Waals surface area contributed by atoms with Crippen LogP contribution in [0.2, 0.25) is 0 Å². The summed E-state index contributed by atoms with van der Waals surface area (Å²) in [7, 11) is -3.80. The number of nitrogens with two attached hydrogens (primary N) is 1. The summed E-state index contributed by atoms with van der Waals surface area (Å²) < 4.78 is 31.7. The van der Waals surface area contributed by atoms with Crippen LogP contribution in [0.3, 0.4) is 0 Å². The summed E-state index contributed by atoms with van der Waals surface area (Å²) in [6, 6.07) is 1.14. The minimum atomic E-state index is -3.80. The van der Waals surface area contributed by atoms with E-state index in [1.165, 1.54) is 0 Å². The molecule has 8 heteroatoms. The Labute approximate surface area is 91.6 Å². The van der Waals surface area contributed by atoms with Crippen molar-refractivity contribution in [2.45, 2.75) is 11.0 Å². The highest BCUT2D eigenvalue weighted by molar-refractivity contribution is 7.89. The smallest absolute Gasteiger partial charge is 0.355 e. The number of rotatable bonds is 3. The third-order valence-electron chi connectivity index (χ3n) is 2.09. The zero-order chi connectivity index (χ0) is 11.8. The molecule has 1 aromatic heterocycles. The molecule has 2 heterocycles. The fraction of sp³-hybridized carbons (Fsp3) is 0.375. The van der Waals surface area contributed by atoms with E-state index >= 15 is 0 Å². The molecule has 0 aliphatic carbocycles. The quantitative estimate of drug-likeness (QED) is 0.679. The topological polar surface area (TPSA) is 111 Å². The summed E-state index contributed by atoms with van der Waals surface area (Å²) in [6.45, 7) is 0.739. The minimum Gasteiger partial charge on any atom is -0.453 e. The first-order valence-corrected chi connectivity index (χ1v) is 6.01. The van der Waals surface area contributed by atoms with E-state index in [0.717, 1.165) is 12.3 Å². The van der Waals surface area contributed by atoms with Gasteiger partial charge in [-0.05, 0) is 6.07 Å². The molecule has 0 bridgehead atoms. The van der Waals surface area contributed by atoms with Crippen LogP contribution in [0.25, 0.3) is 0 Å². The van der Waals surface area contributed by atoms with Crippen molar-refractivity contribution >= 4 is 16.0 Å². The summed E-state index contributed by atoms with van der Waals surface area (Å²) >= 11 is 0. The first kappa shape index (κ1) is 11.1. The maximum Gasteiger partial charge on any atom is 0.355 e. The van der Waals surface area contributed by atoms with Gasteiger partial charge in [-0.15, -0.1) is 0 Å². The van der Waals surface area contributed by atoms with Crippen molar-refractivity contribution in [1.82, 2.24) is 4.98 Å². The molecule has 1 saturated heterocycles. The minimum absolute atomic E-state index is 0.0518. The van der Waals surface area contributed by atoms with Crippen molar-refractivity contribution in [2.24, 2.45) is 5.14 Å². The highest BCUT2D eigenvalue weighted by Crippen LogP contribution is 2.12. The zero-order valence-corrected chi connectivity index (χ0v) is 8.99. The second kappa shape index (κ2) is 3.89. The van der Waals surface area contributed by atoms with Gasteiger partial charge < -0.3 is 14.5 Å². The van der Waals surface area contributed by atoms with Gasteiger partial charge in [-0.2, -0.15) is 0 Å². The van der Waals surface area contributed by atoms with E-state index in [1.807, 2.05) is 0 Å². The van der Waals surface area contributed by atoms with Crippen LogP contribution < -0.4 is 5.14 Å². The molecule has 0 atom stereocenters. The SMILES string of the molecule is NS(=O)(=O)c1c[nH]c(C(=O)OC2COC2)c1. The predicted octanol–water partition coefficient (Wildman–Crippen LogP) is -0.782. The Morgan fingerprint density at radius 3 is 2.69 bits per heavy atom. The molecule has 2 rings (SSSR count). The molecule has 0 radical (unpaired) electrons. The van der Waals surface area contributed by atoms with E-state index in [1.54, 1.807) is 0 Å². The molecule has 7 nitrogen and oxygen atoms in total. The van der Waals surface area contributed by atoms with Crippen LogP contribution in [0.5, 0.6) is 0 Å². The monoisotopic (exact) mass is 246 g/mol. The summed E-state index contributed by atoms with van der Waals surface area (Å²) in [4.78, 5) is 13.8. The van der Waals surface area contributed by atoms with Gasteiger partial charge in [0, 0.05) is 6.20 Å². The summed E-state index contributed by atoms with van der Waals surface area (Å²) in [5.41, 5.74) is 0.0518. The Morgan fingerprint density at radius 2 is 2.25 bits per heavy atom. The normalized spacial score (nSPS) is 16.8. The Kier molecular flexibility index (Phi) is 2.70. The van der Waals surface area contributed by atoms with Gasteiger partial charge in [-0.1, -0.05) is 0 Å². The number of nitrogens with one attached hydrogen (secondary N) is 1. The van der Waals surface area contributed by atoms with Gasteiger partial charge in [0.2, 0.25) is 10.0 Å². The number of aromatic nitrogens is 1. The van der Waals surface area contributed by atoms with Crippen molar-refractivity contribution in [3.63, 3.8) is 0 Å². The fourth-order valence-electron chi connectivity index (χ4n) is 1.15. The van der Waals surface area contributed by atoms with Gasteiger partial charge in [-0.25, -0.2) is 18.4 Å². The molecule has 0 saturated carbocycles. The molecule has 0 spiro atoms. The number of sulfonamides is 1. The Balaban J connectivity index is 2.09. The standard InChI is InChI=1S/C8H10N2O5S/c9-16(12,13)6-1-7(10-2-6)8(11)15-5-3-14-4-5/h1-2,5,10H,3-4H2,(H2,9,12,13). The lowest BCUT2D eigenvalue weighted by Gasteiger charge is -2.25. The fourth-order valence-corrected chi connectivity index (χ4v) is 1.66. The second-order valence-electron chi connectivity index (χ2n) is 3.36. The number of hydrogen-bond donors (Lipinski definition) is 2. The number of hydrogen-bond acceptors (Lipinski definition) is 5. The van der Waals surface area contributed by atoms with Crippen LogP contribution in [0, 0.1) is 0 Å². The van der Waals surface area contributed by atoms with Crippen LogP contribution in [0.15, 0.2) is 17.2 Å². The maximum atomic E-state index is 11.4. The molecule has 3 N–H and O–H groups in total. The number of esters is 1. The number of aromatic amines is 1. The van der Waals surface area contributed by atoms with Crippen molar-refractivity contribution in [3.05, 3.63) is 18.0 Å². The predicted molar refractivity (Wildman–Crippen MR) is 52.2 cm³/mol. The number of carbonyl (C=O) groups excluding carboxylic acids is 1. The van der Waals surface area contributed by atoms with Crippen molar-refractivity contribution < 1.29 is 22.7 Å². The lowest BCUT2D eigenvalue weighted by atomic mass is 10.3. The molecule has 0 unspecified atom stereocenters. The van der Waals surface area contributed by atoms with Crippen molar-refractivity contribution in [2.75, 3.05) is 13.2 Å². The molecular formula is C8H10N2O5S. The molecule has 16 heavy (non-hydrogen) atoms. The zero-order valence-electron chi connectivity index (χ0n) is 8.17. The van der Waals surface area contributed by atoms with Gasteiger partial charge in [0.25, 0.3) is 0 Å². The number of primary sulfonamides is 1. The second-order valence-corrected chi connectivity index (χ2v) is 4.92. The van der Waals surface area contributed by atoms with Crippen LogP contribution >= 0.6 is 0 Å². The van der Waals surface area contributed by atoms with Crippen LogP contribution in [-0.4, -0.2) is 38.7 Å². The molecule has 88 valence electrons. The Hall–Kier alpha value is -1.38. The van der Waals surface area contributed by atoms with Gasteiger partial charge in [-0.3, -0.25) is 0 Å². The van der Waals surface area contributed by atoms with E-state index in [-0.39, 0.29) is 16.7 Å². The Bertz CT molecular complexity index is 502. The lowest BCUT2D eigenvalue weighted by Crippen LogP contribution is -2.37. The van der Waals surface area contributed by atoms with Gasteiger partial charge >= 0.3 is 5.97 Å². The Morgan fingerprint density at radius 1 is 1.56 bits per heavy atom. The highest BCUT2D eigenvalue weighted by Gasteiger charge is 2.24. The molecule has 1 fully saturated rings. The van der Waals surface area contributed by atoms with Crippen LogP contribution in [0.1, 0.15) is 10.5 Å². The molecule has 0 amide bonds. The van der Waals surface area contributed by atoms with E-state index in [2.05, 4.69) is 4.98 Å². The van der Waals surface area contributed by atoms with Gasteiger partial charge in [0.15, 0.2) is 0 Å². The number of carbonyl (C=O) groups is 1. The maximum absolute atomic E-state index is 11.4. The first-order chi connectivity index (χ1) is 7.47. The lowest BCUT2D eigenvalue weighted by molar-refractivity contribution is -0.103. The summed E-state index contributed by atoms with van der Waals surface area (Å²) in [6.07, 6.45) is 0.886. The largest absolute Gasteiger partial charge is 0.453 e. The molecule has 0 aromatic carbocycles. The number of ether oxygens (including phenoxy) is 2. The summed E-state index contributed by atoms with van der Waals surface area (Å²) in [5.74, 6) is -0.622. The van der Waals surface area contributed by atoms with Crippen LogP contribution in [0.4, 0.5) is 0 Å². The first-order valence-electron chi connectivity index (χ1n) is 4.47. The summed E-state index contributed by atoms with van der Waals surface area (Å²) in [5, 5.41) is 4.89. The third-order valence-corrected chi connectivity index (χ3v) is 2.98. The van der Waals surface area contributed by atoms with E-state index in [0.29, 0.717) is 13.2 Å². The number of H-pyrrole nitrogens is 1. The molecular weight excluding hydrogens is 236 g/mol. The average molecular weight is 246 g/mol. The van der Waals surface area contributed by atoms with E-state index in [4.69, 9.17) is 14.6 Å². The van der Waals surface area contributed by atoms with Gasteiger partial charge in [0.05, 0.1) is 13.2 Å². The molecule has 1 aromatic rings. The third kappa shape index (κ3) is 2.23. The molecule has 1 aliphatic heterocycles. The highest BCUT2D eigenvalue weighted by atomic mass is 32.2. The average Bonchev–Trinajstić information content (AvgIpc) is 2.58. The van der Waals surface area contributed by atoms with E-state index < -0.39 is 16.0 Å². The van der Waals surface area contributed by atoms with Crippen molar-refractivity contribution in [1.29, 1.82) is 0 Å². The van der Waals surface area contributed by atoms with E-state index in [9.17, 15) is 13.2 Å². The molecule has 1 aliphatic rings. The van der Waals surface area contributed by atoms with Crippen LogP contribution in [-0.2, 0) is 19.5 Å².